The van der Waals surface area contributed by atoms with Crippen LogP contribution in [0.15, 0.2) is 30.3 Å². The van der Waals surface area contributed by atoms with Crippen LogP contribution in [0.25, 0.3) is 0 Å². The van der Waals surface area contributed by atoms with Gasteiger partial charge in [0.1, 0.15) is 17.6 Å². The van der Waals surface area contributed by atoms with Gasteiger partial charge in [-0.2, -0.15) is 11.8 Å². The van der Waals surface area contributed by atoms with Gasteiger partial charge in [0.05, 0.1) is 7.11 Å². The van der Waals surface area contributed by atoms with Crippen molar-refractivity contribution in [2.45, 2.75) is 56.7 Å². The number of nitrogens with one attached hydrogen (secondary N) is 3. The van der Waals surface area contributed by atoms with Crippen LogP contribution in [0.2, 0.25) is 0 Å². The van der Waals surface area contributed by atoms with Gasteiger partial charge in [-0.05, 0) is 42.8 Å². The Balaban J connectivity index is 2.17. The summed E-state index contributed by atoms with van der Waals surface area (Å²) in [5.74, 6) is -0.756. The molecule has 0 aliphatic heterocycles. The third kappa shape index (κ3) is 6.48. The number of ether oxygens (including phenoxy) is 1. The van der Waals surface area contributed by atoms with Crippen LogP contribution in [0, 0.1) is 5.92 Å². The summed E-state index contributed by atoms with van der Waals surface area (Å²) in [6.07, 6.45) is 3.67. The van der Waals surface area contributed by atoms with Gasteiger partial charge >= 0.3 is 5.97 Å². The van der Waals surface area contributed by atoms with E-state index in [1.54, 1.807) is 11.8 Å². The van der Waals surface area contributed by atoms with E-state index in [1.165, 1.54) is 7.11 Å². The molecule has 3 N–H and O–H groups in total. The van der Waals surface area contributed by atoms with Gasteiger partial charge in [0, 0.05) is 5.92 Å². The lowest BCUT2D eigenvalue weighted by molar-refractivity contribution is -0.147. The molecule has 8 nitrogen and oxygen atoms in total. The summed E-state index contributed by atoms with van der Waals surface area (Å²) < 4.78 is 4.99. The van der Waals surface area contributed by atoms with Gasteiger partial charge < -0.3 is 20.7 Å². The van der Waals surface area contributed by atoms with Crippen LogP contribution in [-0.4, -0.2) is 60.9 Å². The lowest BCUT2D eigenvalue weighted by Crippen LogP contribution is -2.56. The van der Waals surface area contributed by atoms with Crippen LogP contribution >= 0.6 is 11.8 Å². The van der Waals surface area contributed by atoms with Crippen LogP contribution in [0.4, 0.5) is 0 Å². The van der Waals surface area contributed by atoms with E-state index in [2.05, 4.69) is 16.0 Å². The third-order valence-electron chi connectivity index (χ3n) is 5.60. The number of methoxy groups -OCH3 is 1. The summed E-state index contributed by atoms with van der Waals surface area (Å²) in [5.41, 5.74) is -0.207. The molecule has 1 aliphatic rings. The molecule has 1 aromatic carbocycles. The van der Waals surface area contributed by atoms with Crippen LogP contribution in [-0.2, 0) is 23.9 Å². The Labute approximate surface area is 193 Å². The molecule has 0 unspecified atom stereocenters. The summed E-state index contributed by atoms with van der Waals surface area (Å²) in [4.78, 5) is 49.6. The summed E-state index contributed by atoms with van der Waals surface area (Å²) in [6, 6.07) is 7.91. The van der Waals surface area contributed by atoms with Crippen molar-refractivity contribution >= 4 is 36.0 Å². The van der Waals surface area contributed by atoms with Crippen molar-refractivity contribution in [1.29, 1.82) is 0 Å². The molecule has 176 valence electrons. The number of thioether (sulfide) groups is 1. The van der Waals surface area contributed by atoms with E-state index in [4.69, 9.17) is 4.74 Å². The Hall–Kier alpha value is -2.55. The Bertz CT molecular complexity index is 804. The number of carbonyl (C=O) groups excluding carboxylic acids is 4. The highest BCUT2D eigenvalue weighted by molar-refractivity contribution is 7.98. The average molecular weight is 464 g/mol. The fraction of sp³-hybridized carbons (Fsp3) is 0.565. The zero-order chi connectivity index (χ0) is 23.7. The van der Waals surface area contributed by atoms with Crippen molar-refractivity contribution in [2.24, 2.45) is 5.92 Å². The highest BCUT2D eigenvalue weighted by atomic mass is 32.2. The van der Waals surface area contributed by atoms with Crippen molar-refractivity contribution in [3.63, 3.8) is 0 Å². The number of esters is 1. The second kappa shape index (κ2) is 11.9. The molecule has 1 aliphatic carbocycles. The van der Waals surface area contributed by atoms with Gasteiger partial charge in [0.25, 0.3) is 0 Å². The van der Waals surface area contributed by atoms with Gasteiger partial charge in [-0.1, -0.05) is 44.2 Å². The molecule has 3 amide bonds. The summed E-state index contributed by atoms with van der Waals surface area (Å²) >= 11 is 1.56. The molecule has 1 saturated carbocycles. The van der Waals surface area contributed by atoms with Gasteiger partial charge in [0.15, 0.2) is 0 Å². The Kier molecular flexibility index (Phi) is 9.56. The third-order valence-corrected chi connectivity index (χ3v) is 6.24. The highest BCUT2D eigenvalue weighted by Crippen LogP contribution is 2.52. The normalized spacial score (nSPS) is 21.2. The summed E-state index contributed by atoms with van der Waals surface area (Å²) in [7, 11) is 1.30. The molecule has 32 heavy (non-hydrogen) atoms. The van der Waals surface area contributed by atoms with Crippen molar-refractivity contribution in [3.8, 4) is 0 Å². The number of hydrogen-bond acceptors (Lipinski definition) is 6. The molecule has 9 heteroatoms. The summed E-state index contributed by atoms with van der Waals surface area (Å²) in [6.45, 7) is 3.89. The van der Waals surface area contributed by atoms with Crippen LogP contribution in [0.5, 0.6) is 0 Å². The van der Waals surface area contributed by atoms with Gasteiger partial charge in [-0.3, -0.25) is 14.4 Å². The highest BCUT2D eigenvalue weighted by Gasteiger charge is 2.63. The first-order valence-electron chi connectivity index (χ1n) is 10.7. The monoisotopic (exact) mass is 463 g/mol. The van der Waals surface area contributed by atoms with E-state index >= 15 is 0 Å². The lowest BCUT2D eigenvalue weighted by Gasteiger charge is -2.26. The first kappa shape index (κ1) is 25.7. The van der Waals surface area contributed by atoms with E-state index < -0.39 is 35.4 Å². The number of hydrogen-bond donors (Lipinski definition) is 3. The molecule has 1 fully saturated rings. The topological polar surface area (TPSA) is 114 Å². The molecule has 2 rings (SSSR count). The molecule has 0 aromatic heterocycles. The van der Waals surface area contributed by atoms with E-state index in [0.717, 1.165) is 5.56 Å². The number of carbonyl (C=O) groups is 4. The number of benzene rings is 1. The molecule has 4 atom stereocenters. The molecule has 1 aromatic rings. The number of amides is 3. The molecule has 0 heterocycles. The quantitative estimate of drug-likeness (QED) is 0.303. The Morgan fingerprint density at radius 2 is 1.88 bits per heavy atom. The Morgan fingerprint density at radius 1 is 1.19 bits per heavy atom. The minimum Gasteiger partial charge on any atom is -0.467 e. The first-order valence-corrected chi connectivity index (χ1v) is 12.1. The van der Waals surface area contributed by atoms with Crippen LogP contribution in [0.1, 0.15) is 44.6 Å². The minimum atomic E-state index is -1.15. The predicted octanol–water partition coefficient (Wildman–Crippen LogP) is 1.60. The minimum absolute atomic E-state index is 0.118. The first-order chi connectivity index (χ1) is 15.3. The molecule has 0 saturated heterocycles. The standard InChI is InChI=1S/C23H33N3O5S/c1-15(2)12-19(25-20(28)18(24-14-27)10-11-32-4)21(29)26-23(22(30)31-3)13-17(23)16-8-6-5-7-9-16/h5-9,14-15,17-19H,10-13H2,1-4H3,(H,24,27)(H,25,28)(H,26,29)/t17-,18+,19+,23-/m1/s1. The average Bonchev–Trinajstić information content (AvgIpc) is 3.50. The van der Waals surface area contributed by atoms with Crippen LogP contribution < -0.4 is 16.0 Å². The molecule has 0 spiro atoms. The largest absolute Gasteiger partial charge is 0.467 e. The molecule has 0 bridgehead atoms. The maximum Gasteiger partial charge on any atom is 0.332 e. The van der Waals surface area contributed by atoms with Gasteiger partial charge in [-0.25, -0.2) is 4.79 Å². The van der Waals surface area contributed by atoms with E-state index in [1.807, 2.05) is 50.4 Å². The van der Waals surface area contributed by atoms with Gasteiger partial charge in [-0.15, -0.1) is 0 Å². The SMILES string of the molecule is COC(=O)[C@@]1(NC(=O)[C@H](CC(C)C)NC(=O)[C@H](CCSC)NC=O)C[C@@H]1c1ccccc1. The molecule has 0 radical (unpaired) electrons. The fourth-order valence-corrected chi connectivity index (χ4v) is 4.31. The van der Waals surface area contributed by atoms with Gasteiger partial charge in [0.2, 0.25) is 18.2 Å². The molecular formula is C23H33N3O5S. The van der Waals surface area contributed by atoms with E-state index in [0.29, 0.717) is 31.4 Å². The maximum atomic E-state index is 13.2. The zero-order valence-electron chi connectivity index (χ0n) is 19.1. The van der Waals surface area contributed by atoms with Crippen molar-refractivity contribution in [3.05, 3.63) is 35.9 Å². The fourth-order valence-electron chi connectivity index (χ4n) is 3.84. The van der Waals surface area contributed by atoms with Crippen molar-refractivity contribution < 1.29 is 23.9 Å². The van der Waals surface area contributed by atoms with Crippen molar-refractivity contribution in [2.75, 3.05) is 19.1 Å². The van der Waals surface area contributed by atoms with E-state index in [-0.39, 0.29) is 11.8 Å². The van der Waals surface area contributed by atoms with Crippen LogP contribution in [0.3, 0.4) is 0 Å². The molecular weight excluding hydrogens is 430 g/mol. The second-order valence-corrected chi connectivity index (χ2v) is 9.41. The lowest BCUT2D eigenvalue weighted by atomic mass is 10.0. The predicted molar refractivity (Wildman–Crippen MR) is 124 cm³/mol. The summed E-state index contributed by atoms with van der Waals surface area (Å²) in [5, 5.41) is 8.16. The van der Waals surface area contributed by atoms with Crippen molar-refractivity contribution in [1.82, 2.24) is 16.0 Å². The smallest absolute Gasteiger partial charge is 0.332 e. The zero-order valence-corrected chi connectivity index (χ0v) is 19.9. The maximum absolute atomic E-state index is 13.2. The van der Waals surface area contributed by atoms with E-state index in [9.17, 15) is 19.2 Å². The number of rotatable bonds is 13. The second-order valence-electron chi connectivity index (χ2n) is 8.43. The Morgan fingerprint density at radius 3 is 2.44 bits per heavy atom.